The quantitative estimate of drug-likeness (QED) is 0.402. The van der Waals surface area contributed by atoms with Crippen LogP contribution < -0.4 is 4.74 Å². The molecule has 3 aliphatic carbocycles. The van der Waals surface area contributed by atoms with Crippen LogP contribution in [0.25, 0.3) is 0 Å². The molecule has 1 aromatic rings. The summed E-state index contributed by atoms with van der Waals surface area (Å²) in [7, 11) is 0. The zero-order valence-corrected chi connectivity index (χ0v) is 18.4. The van der Waals surface area contributed by atoms with Crippen molar-refractivity contribution >= 4 is 0 Å². The fourth-order valence-corrected chi connectivity index (χ4v) is 6.62. The molecular weight excluding hydrogens is 404 g/mol. The van der Waals surface area contributed by atoms with E-state index in [1.807, 2.05) is 0 Å². The molecule has 0 aliphatic heterocycles. The molecular formula is C26H36F4O. The highest BCUT2D eigenvalue weighted by molar-refractivity contribution is 5.31. The second kappa shape index (κ2) is 10.1. The molecule has 0 N–H and O–H groups in total. The lowest BCUT2D eigenvalue weighted by atomic mass is 9.68. The summed E-state index contributed by atoms with van der Waals surface area (Å²) in [4.78, 5) is 0. The van der Waals surface area contributed by atoms with Gasteiger partial charge in [0.2, 0.25) is 0 Å². The number of alkyl halides is 3. The van der Waals surface area contributed by atoms with Crippen LogP contribution in [-0.2, 0) is 0 Å². The molecule has 1 nitrogen and oxygen atoms in total. The molecule has 0 atom stereocenters. The smallest absolute Gasteiger partial charge is 0.403 e. The summed E-state index contributed by atoms with van der Waals surface area (Å²) >= 11 is 0. The lowest BCUT2D eigenvalue weighted by Gasteiger charge is -2.38. The maximum atomic E-state index is 14.1. The molecule has 0 unspecified atom stereocenters. The van der Waals surface area contributed by atoms with E-state index in [0.717, 1.165) is 61.0 Å². The van der Waals surface area contributed by atoms with Gasteiger partial charge in [0, 0.05) is 0 Å². The Bertz CT molecular complexity index is 694. The Labute approximate surface area is 183 Å². The van der Waals surface area contributed by atoms with Crippen LogP contribution in [0, 0.1) is 29.5 Å². The van der Waals surface area contributed by atoms with Gasteiger partial charge in [0.15, 0.2) is 11.6 Å². The highest BCUT2D eigenvalue weighted by Crippen LogP contribution is 2.45. The Balaban J connectivity index is 1.21. The molecule has 4 rings (SSSR count). The van der Waals surface area contributed by atoms with E-state index < -0.39 is 17.9 Å². The minimum Gasteiger partial charge on any atom is -0.403 e. The van der Waals surface area contributed by atoms with Crippen LogP contribution >= 0.6 is 0 Å². The van der Waals surface area contributed by atoms with Crippen LogP contribution in [0.3, 0.4) is 0 Å². The number of hydrogen-bond acceptors (Lipinski definition) is 1. The molecule has 5 heteroatoms. The van der Waals surface area contributed by atoms with E-state index in [-0.39, 0.29) is 5.92 Å². The minimum atomic E-state index is -4.87. The highest BCUT2D eigenvalue weighted by Gasteiger charge is 2.34. The first kappa shape index (κ1) is 22.9. The van der Waals surface area contributed by atoms with Crippen molar-refractivity contribution in [2.24, 2.45) is 23.7 Å². The van der Waals surface area contributed by atoms with E-state index in [4.69, 9.17) is 0 Å². The first-order valence-corrected chi connectivity index (χ1v) is 12.4. The van der Waals surface area contributed by atoms with Gasteiger partial charge in [-0.1, -0.05) is 57.4 Å². The van der Waals surface area contributed by atoms with Crippen LogP contribution in [-0.4, -0.2) is 6.36 Å². The molecule has 0 aromatic heterocycles. The zero-order chi connectivity index (χ0) is 21.8. The van der Waals surface area contributed by atoms with E-state index >= 15 is 0 Å². The monoisotopic (exact) mass is 440 g/mol. The zero-order valence-electron chi connectivity index (χ0n) is 18.4. The minimum absolute atomic E-state index is 0.244. The van der Waals surface area contributed by atoms with Crippen molar-refractivity contribution in [2.45, 2.75) is 102 Å². The summed E-state index contributed by atoms with van der Waals surface area (Å²) < 4.78 is 54.9. The van der Waals surface area contributed by atoms with E-state index in [1.54, 1.807) is 6.07 Å². The summed E-state index contributed by atoms with van der Waals surface area (Å²) in [6, 6.07) is 3.96. The highest BCUT2D eigenvalue weighted by atomic mass is 19.4. The molecule has 0 amide bonds. The Morgan fingerprint density at radius 1 is 0.742 bits per heavy atom. The number of ether oxygens (including phenoxy) is 1. The second-order valence-corrected chi connectivity index (χ2v) is 10.4. The van der Waals surface area contributed by atoms with Gasteiger partial charge >= 0.3 is 6.36 Å². The van der Waals surface area contributed by atoms with Crippen molar-refractivity contribution < 1.29 is 22.3 Å². The normalized spacial score (nSPS) is 30.5. The lowest BCUT2D eigenvalue weighted by Crippen LogP contribution is -2.25. The standard InChI is InChI=1S/C26H36F4O/c27-24-17-23(15-16-25(24)31-26(28,29)30)22-13-11-21(12-14-22)20-9-7-19(8-10-20)6-5-18-3-1-2-4-18/h15-22H,1-14H2. The van der Waals surface area contributed by atoms with E-state index in [0.29, 0.717) is 0 Å². The molecule has 3 aliphatic rings. The molecule has 174 valence electrons. The summed E-state index contributed by atoms with van der Waals surface area (Å²) in [5.74, 6) is 2.13. The summed E-state index contributed by atoms with van der Waals surface area (Å²) in [6.07, 6.45) is 13.7. The van der Waals surface area contributed by atoms with Gasteiger partial charge in [-0.25, -0.2) is 4.39 Å². The van der Waals surface area contributed by atoms with E-state index in [2.05, 4.69) is 4.74 Å². The maximum Gasteiger partial charge on any atom is 0.573 e. The largest absolute Gasteiger partial charge is 0.573 e. The average Bonchev–Trinajstić information content (AvgIpc) is 3.27. The third-order valence-electron chi connectivity index (χ3n) is 8.44. The molecule has 3 saturated carbocycles. The molecule has 31 heavy (non-hydrogen) atoms. The van der Waals surface area contributed by atoms with E-state index in [9.17, 15) is 17.6 Å². The van der Waals surface area contributed by atoms with Crippen LogP contribution in [0.1, 0.15) is 101 Å². The van der Waals surface area contributed by atoms with Crippen LogP contribution in [0.4, 0.5) is 17.6 Å². The predicted octanol–water partition coefficient (Wildman–Crippen LogP) is 8.77. The van der Waals surface area contributed by atoms with Gasteiger partial charge in [-0.15, -0.1) is 13.2 Å². The van der Waals surface area contributed by atoms with Crippen molar-refractivity contribution in [1.29, 1.82) is 0 Å². The molecule has 1 aromatic carbocycles. The molecule has 0 spiro atoms. The van der Waals surface area contributed by atoms with Crippen molar-refractivity contribution in [3.8, 4) is 5.75 Å². The van der Waals surface area contributed by atoms with Gasteiger partial charge in [0.05, 0.1) is 0 Å². The van der Waals surface area contributed by atoms with Crippen LogP contribution in [0.2, 0.25) is 0 Å². The SMILES string of the molecule is Fc1cc(C2CCC(C3CCC(CCC4CCCC4)CC3)CC2)ccc1OC(F)(F)F. The predicted molar refractivity (Wildman–Crippen MR) is 114 cm³/mol. The van der Waals surface area contributed by atoms with Crippen molar-refractivity contribution in [2.75, 3.05) is 0 Å². The number of hydrogen-bond donors (Lipinski definition) is 0. The van der Waals surface area contributed by atoms with Crippen molar-refractivity contribution in [3.63, 3.8) is 0 Å². The van der Waals surface area contributed by atoms with Crippen molar-refractivity contribution in [1.82, 2.24) is 0 Å². The van der Waals surface area contributed by atoms with Crippen LogP contribution in [0.5, 0.6) is 5.75 Å². The third kappa shape index (κ3) is 6.38. The van der Waals surface area contributed by atoms with E-state index in [1.165, 1.54) is 70.3 Å². The Morgan fingerprint density at radius 2 is 1.29 bits per heavy atom. The van der Waals surface area contributed by atoms with Gasteiger partial charge < -0.3 is 4.74 Å². The van der Waals surface area contributed by atoms with Gasteiger partial charge in [-0.3, -0.25) is 0 Å². The number of rotatable bonds is 6. The van der Waals surface area contributed by atoms with Crippen LogP contribution in [0.15, 0.2) is 18.2 Å². The summed E-state index contributed by atoms with van der Waals surface area (Å²) in [5, 5.41) is 0. The Hall–Kier alpha value is -1.26. The van der Waals surface area contributed by atoms with Gasteiger partial charge in [-0.2, -0.15) is 0 Å². The lowest BCUT2D eigenvalue weighted by molar-refractivity contribution is -0.275. The first-order valence-electron chi connectivity index (χ1n) is 12.4. The fourth-order valence-electron chi connectivity index (χ4n) is 6.62. The topological polar surface area (TPSA) is 9.23 Å². The summed E-state index contributed by atoms with van der Waals surface area (Å²) in [5.41, 5.74) is 0.807. The van der Waals surface area contributed by atoms with Gasteiger partial charge in [0.1, 0.15) is 0 Å². The number of benzene rings is 1. The molecule has 0 saturated heterocycles. The molecule has 0 radical (unpaired) electrons. The van der Waals surface area contributed by atoms with Gasteiger partial charge in [-0.05, 0) is 85.8 Å². The second-order valence-electron chi connectivity index (χ2n) is 10.4. The molecule has 0 bridgehead atoms. The first-order chi connectivity index (χ1) is 14.9. The summed E-state index contributed by atoms with van der Waals surface area (Å²) in [6.45, 7) is 0. The Kier molecular flexibility index (Phi) is 7.48. The number of halogens is 4. The Morgan fingerprint density at radius 3 is 1.84 bits per heavy atom. The van der Waals surface area contributed by atoms with Crippen molar-refractivity contribution in [3.05, 3.63) is 29.6 Å². The molecule has 0 heterocycles. The molecule has 3 fully saturated rings. The van der Waals surface area contributed by atoms with Gasteiger partial charge in [0.25, 0.3) is 0 Å². The fraction of sp³-hybridized carbons (Fsp3) is 0.769. The maximum absolute atomic E-state index is 14.1. The average molecular weight is 441 g/mol. The third-order valence-corrected chi connectivity index (χ3v) is 8.44.